The van der Waals surface area contributed by atoms with Crippen LogP contribution in [0.15, 0.2) is 0 Å². The zero-order valence-electron chi connectivity index (χ0n) is 12.9. The molecule has 3 nitrogen and oxygen atoms in total. The largest absolute Gasteiger partial charge is 0.303 e. The molecule has 0 bridgehead atoms. The molecule has 1 atom stereocenters. The van der Waals surface area contributed by atoms with Gasteiger partial charge in [0.15, 0.2) is 0 Å². The molecule has 2 heterocycles. The van der Waals surface area contributed by atoms with Gasteiger partial charge < -0.3 is 9.80 Å². The highest BCUT2D eigenvalue weighted by atomic mass is 16.1. The van der Waals surface area contributed by atoms with Crippen molar-refractivity contribution in [3.8, 4) is 0 Å². The standard InChI is InChI=1S/C17H30N2O/c20-17-6-2-1-5-16(17)14-19-11-7-15(8-12-19)13-18-9-3-4-10-18/h15-16H,1-14H2. The molecular weight excluding hydrogens is 248 g/mol. The molecule has 114 valence electrons. The first kappa shape index (κ1) is 14.5. The van der Waals surface area contributed by atoms with E-state index in [0.717, 1.165) is 31.7 Å². The number of carbonyl (C=O) groups is 1. The zero-order valence-corrected chi connectivity index (χ0v) is 12.9. The van der Waals surface area contributed by atoms with Crippen LogP contribution in [0, 0.1) is 11.8 Å². The molecule has 0 N–H and O–H groups in total. The van der Waals surface area contributed by atoms with E-state index in [-0.39, 0.29) is 0 Å². The summed E-state index contributed by atoms with van der Waals surface area (Å²) in [7, 11) is 0. The molecule has 0 amide bonds. The Morgan fingerprint density at radius 1 is 0.800 bits per heavy atom. The van der Waals surface area contributed by atoms with Gasteiger partial charge in [-0.15, -0.1) is 0 Å². The number of ketones is 1. The summed E-state index contributed by atoms with van der Waals surface area (Å²) in [4.78, 5) is 17.2. The Kier molecular flexibility index (Phi) is 5.11. The van der Waals surface area contributed by atoms with E-state index in [0.29, 0.717) is 11.7 Å². The second kappa shape index (κ2) is 7.04. The normalized spacial score (nSPS) is 31.0. The van der Waals surface area contributed by atoms with Gasteiger partial charge in [-0.2, -0.15) is 0 Å². The summed E-state index contributed by atoms with van der Waals surface area (Å²) >= 11 is 0. The predicted molar refractivity (Wildman–Crippen MR) is 81.8 cm³/mol. The van der Waals surface area contributed by atoms with Crippen LogP contribution < -0.4 is 0 Å². The van der Waals surface area contributed by atoms with Crippen molar-refractivity contribution in [2.24, 2.45) is 11.8 Å². The van der Waals surface area contributed by atoms with Gasteiger partial charge in [0.2, 0.25) is 0 Å². The highest BCUT2D eigenvalue weighted by molar-refractivity contribution is 5.81. The van der Waals surface area contributed by atoms with Crippen molar-refractivity contribution in [3.63, 3.8) is 0 Å². The lowest BCUT2D eigenvalue weighted by Crippen LogP contribution is -2.42. The van der Waals surface area contributed by atoms with E-state index in [1.807, 2.05) is 0 Å². The molecule has 3 rings (SSSR count). The molecule has 0 radical (unpaired) electrons. The van der Waals surface area contributed by atoms with Gasteiger partial charge in [0.25, 0.3) is 0 Å². The first-order valence-electron chi connectivity index (χ1n) is 8.78. The van der Waals surface area contributed by atoms with E-state index in [1.54, 1.807) is 0 Å². The molecule has 2 saturated heterocycles. The molecular formula is C17H30N2O. The topological polar surface area (TPSA) is 23.6 Å². The third-order valence-electron chi connectivity index (χ3n) is 5.58. The second-order valence-corrected chi connectivity index (χ2v) is 7.16. The maximum absolute atomic E-state index is 11.9. The van der Waals surface area contributed by atoms with E-state index >= 15 is 0 Å². The van der Waals surface area contributed by atoms with Crippen molar-refractivity contribution in [2.45, 2.75) is 51.4 Å². The fourth-order valence-corrected chi connectivity index (χ4v) is 4.24. The van der Waals surface area contributed by atoms with Crippen molar-refractivity contribution in [3.05, 3.63) is 0 Å². The summed E-state index contributed by atoms with van der Waals surface area (Å²) in [5.41, 5.74) is 0. The van der Waals surface area contributed by atoms with Crippen LogP contribution in [-0.4, -0.2) is 54.9 Å². The number of nitrogens with zero attached hydrogens (tertiary/aromatic N) is 2. The van der Waals surface area contributed by atoms with E-state index in [1.165, 1.54) is 64.8 Å². The van der Waals surface area contributed by atoms with Crippen LogP contribution in [0.25, 0.3) is 0 Å². The van der Waals surface area contributed by atoms with Gasteiger partial charge in [-0.3, -0.25) is 4.79 Å². The quantitative estimate of drug-likeness (QED) is 0.789. The van der Waals surface area contributed by atoms with Gasteiger partial charge in [0, 0.05) is 25.4 Å². The van der Waals surface area contributed by atoms with Gasteiger partial charge in [0.05, 0.1) is 0 Å². The summed E-state index contributed by atoms with van der Waals surface area (Å²) < 4.78 is 0. The van der Waals surface area contributed by atoms with Crippen LogP contribution in [0.5, 0.6) is 0 Å². The van der Waals surface area contributed by atoms with E-state index < -0.39 is 0 Å². The molecule has 0 spiro atoms. The molecule has 0 aromatic carbocycles. The van der Waals surface area contributed by atoms with Crippen LogP contribution >= 0.6 is 0 Å². The first-order chi connectivity index (χ1) is 9.81. The van der Waals surface area contributed by atoms with Crippen molar-refractivity contribution in [1.82, 2.24) is 9.80 Å². The SMILES string of the molecule is O=C1CCCCC1CN1CCC(CN2CCCC2)CC1. The van der Waals surface area contributed by atoms with Gasteiger partial charge in [-0.1, -0.05) is 6.42 Å². The molecule has 3 fully saturated rings. The first-order valence-corrected chi connectivity index (χ1v) is 8.78. The number of hydrogen-bond donors (Lipinski definition) is 0. The van der Waals surface area contributed by atoms with Crippen LogP contribution in [0.1, 0.15) is 51.4 Å². The lowest BCUT2D eigenvalue weighted by molar-refractivity contribution is -0.125. The molecule has 1 saturated carbocycles. The van der Waals surface area contributed by atoms with Crippen LogP contribution in [0.3, 0.4) is 0 Å². The molecule has 20 heavy (non-hydrogen) atoms. The van der Waals surface area contributed by atoms with E-state index in [2.05, 4.69) is 9.80 Å². The van der Waals surface area contributed by atoms with Gasteiger partial charge in [-0.05, 0) is 70.6 Å². The smallest absolute Gasteiger partial charge is 0.137 e. The minimum absolute atomic E-state index is 0.360. The summed E-state index contributed by atoms with van der Waals surface area (Å²) in [5, 5.41) is 0. The van der Waals surface area contributed by atoms with Gasteiger partial charge in [0.1, 0.15) is 5.78 Å². The Labute approximate surface area is 123 Å². The van der Waals surface area contributed by atoms with Crippen molar-refractivity contribution in [2.75, 3.05) is 39.3 Å². The van der Waals surface area contributed by atoms with E-state index in [9.17, 15) is 4.79 Å². The predicted octanol–water partition coefficient (Wildman–Crippen LogP) is 2.55. The highest BCUT2D eigenvalue weighted by Crippen LogP contribution is 2.25. The number of Topliss-reactive ketones (excluding diaryl/α,β-unsaturated/α-hetero) is 1. The lowest BCUT2D eigenvalue weighted by atomic mass is 9.86. The van der Waals surface area contributed by atoms with Crippen molar-refractivity contribution >= 4 is 5.78 Å². The van der Waals surface area contributed by atoms with Crippen LogP contribution in [0.4, 0.5) is 0 Å². The zero-order chi connectivity index (χ0) is 13.8. The number of likely N-dealkylation sites (tertiary alicyclic amines) is 2. The van der Waals surface area contributed by atoms with Gasteiger partial charge >= 0.3 is 0 Å². The van der Waals surface area contributed by atoms with E-state index in [4.69, 9.17) is 0 Å². The highest BCUT2D eigenvalue weighted by Gasteiger charge is 2.27. The van der Waals surface area contributed by atoms with Gasteiger partial charge in [-0.25, -0.2) is 0 Å². The van der Waals surface area contributed by atoms with Crippen molar-refractivity contribution in [1.29, 1.82) is 0 Å². The van der Waals surface area contributed by atoms with Crippen molar-refractivity contribution < 1.29 is 4.79 Å². The lowest BCUT2D eigenvalue weighted by Gasteiger charge is -2.36. The molecule has 0 aromatic heterocycles. The van der Waals surface area contributed by atoms with Crippen LogP contribution in [0.2, 0.25) is 0 Å². The third kappa shape index (κ3) is 3.82. The fourth-order valence-electron chi connectivity index (χ4n) is 4.24. The molecule has 3 heteroatoms. The number of hydrogen-bond acceptors (Lipinski definition) is 3. The molecule has 2 aliphatic heterocycles. The number of rotatable bonds is 4. The molecule has 1 unspecified atom stereocenters. The monoisotopic (exact) mass is 278 g/mol. The fraction of sp³-hybridized carbons (Fsp3) is 0.941. The maximum Gasteiger partial charge on any atom is 0.137 e. The minimum Gasteiger partial charge on any atom is -0.303 e. The Morgan fingerprint density at radius 3 is 2.20 bits per heavy atom. The number of piperidine rings is 1. The summed E-state index contributed by atoms with van der Waals surface area (Å²) in [6.07, 6.45) is 9.89. The average molecular weight is 278 g/mol. The Hall–Kier alpha value is -0.410. The molecule has 1 aliphatic carbocycles. The van der Waals surface area contributed by atoms with Crippen LogP contribution in [-0.2, 0) is 4.79 Å². The minimum atomic E-state index is 0.360. The summed E-state index contributed by atoms with van der Waals surface area (Å²) in [6, 6.07) is 0. The Balaban J connectivity index is 1.38. The molecule has 0 aromatic rings. The maximum atomic E-state index is 11.9. The number of carbonyl (C=O) groups excluding carboxylic acids is 1. The Morgan fingerprint density at radius 2 is 1.50 bits per heavy atom. The summed E-state index contributed by atoms with van der Waals surface area (Å²) in [6.45, 7) is 7.49. The average Bonchev–Trinajstić information content (AvgIpc) is 2.96. The second-order valence-electron chi connectivity index (χ2n) is 7.16. The summed E-state index contributed by atoms with van der Waals surface area (Å²) in [5.74, 6) is 1.81. The third-order valence-corrected chi connectivity index (χ3v) is 5.58. The Bertz CT molecular complexity index is 317. The molecule has 3 aliphatic rings.